The van der Waals surface area contributed by atoms with Gasteiger partial charge in [-0.1, -0.05) is 6.07 Å². The van der Waals surface area contributed by atoms with E-state index in [9.17, 15) is 4.79 Å². The van der Waals surface area contributed by atoms with Crippen molar-refractivity contribution < 1.29 is 4.79 Å². The van der Waals surface area contributed by atoms with Gasteiger partial charge in [-0.05, 0) is 42.7 Å². The second-order valence-electron chi connectivity index (χ2n) is 6.80. The lowest BCUT2D eigenvalue weighted by molar-refractivity contribution is -0.114. The highest BCUT2D eigenvalue weighted by Crippen LogP contribution is 2.28. The lowest BCUT2D eigenvalue weighted by Gasteiger charge is -2.27. The molecule has 26 heavy (non-hydrogen) atoms. The minimum absolute atomic E-state index is 0.0620. The molecule has 0 saturated heterocycles. The summed E-state index contributed by atoms with van der Waals surface area (Å²) in [7, 11) is 0. The monoisotopic (exact) mass is 366 g/mol. The first-order valence-corrected chi connectivity index (χ1v) is 9.81. The summed E-state index contributed by atoms with van der Waals surface area (Å²) in [5.41, 5.74) is 7.46. The molecule has 1 atom stereocenters. The number of nitrogens with one attached hydrogen (secondary N) is 1. The van der Waals surface area contributed by atoms with Crippen molar-refractivity contribution in [3.8, 4) is 0 Å². The molecule has 0 saturated carbocycles. The van der Waals surface area contributed by atoms with E-state index in [0.29, 0.717) is 6.04 Å². The van der Waals surface area contributed by atoms with E-state index < -0.39 is 0 Å². The molecule has 1 aliphatic rings. The number of hydrogen-bond acceptors (Lipinski definition) is 5. The van der Waals surface area contributed by atoms with Crippen molar-refractivity contribution in [3.63, 3.8) is 0 Å². The molecule has 0 fully saturated rings. The predicted octanol–water partition coefficient (Wildman–Crippen LogP) is 3.81. The summed E-state index contributed by atoms with van der Waals surface area (Å²) in [5, 5.41) is 2.83. The number of rotatable bonds is 3. The van der Waals surface area contributed by atoms with E-state index in [1.165, 1.54) is 22.8 Å². The molecular weight excluding hydrogens is 344 g/mol. The SMILES string of the molecule is CC(=O)Nc1cnc2c(c1)CCN(C(C)c1ccc3scnc3c1)CC2. The van der Waals surface area contributed by atoms with Crippen LogP contribution in [0, 0.1) is 0 Å². The van der Waals surface area contributed by atoms with E-state index in [1.54, 1.807) is 17.5 Å². The molecule has 1 amide bonds. The third-order valence-electron chi connectivity index (χ3n) is 5.07. The molecule has 0 spiro atoms. The van der Waals surface area contributed by atoms with Crippen molar-refractivity contribution in [1.29, 1.82) is 0 Å². The Kier molecular flexibility index (Phi) is 4.70. The maximum Gasteiger partial charge on any atom is 0.221 e. The quantitative estimate of drug-likeness (QED) is 0.766. The van der Waals surface area contributed by atoms with E-state index in [-0.39, 0.29) is 5.91 Å². The van der Waals surface area contributed by atoms with Crippen molar-refractivity contribution in [2.75, 3.05) is 18.4 Å². The smallest absolute Gasteiger partial charge is 0.221 e. The van der Waals surface area contributed by atoms with E-state index in [0.717, 1.165) is 42.8 Å². The van der Waals surface area contributed by atoms with Crippen LogP contribution in [0.3, 0.4) is 0 Å². The van der Waals surface area contributed by atoms with Crippen LogP contribution in [-0.4, -0.2) is 33.9 Å². The van der Waals surface area contributed by atoms with Crippen molar-refractivity contribution in [2.24, 2.45) is 0 Å². The maximum absolute atomic E-state index is 11.3. The topological polar surface area (TPSA) is 58.1 Å². The Morgan fingerprint density at radius 3 is 2.92 bits per heavy atom. The van der Waals surface area contributed by atoms with E-state index in [1.807, 2.05) is 5.51 Å². The molecule has 1 aliphatic heterocycles. The Bertz CT molecular complexity index is 952. The first-order chi connectivity index (χ1) is 12.6. The Labute approximate surface area is 157 Å². The Balaban J connectivity index is 1.51. The normalized spacial score (nSPS) is 16.1. The Morgan fingerprint density at radius 2 is 2.08 bits per heavy atom. The Morgan fingerprint density at radius 1 is 1.23 bits per heavy atom. The fourth-order valence-corrected chi connectivity index (χ4v) is 4.27. The zero-order valence-corrected chi connectivity index (χ0v) is 15.8. The highest BCUT2D eigenvalue weighted by molar-refractivity contribution is 7.16. The maximum atomic E-state index is 11.3. The van der Waals surface area contributed by atoms with Gasteiger partial charge in [0.1, 0.15) is 0 Å². The number of carbonyl (C=O) groups excluding carboxylic acids is 1. The number of anilines is 1. The van der Waals surface area contributed by atoms with E-state index >= 15 is 0 Å². The molecule has 3 heterocycles. The number of benzene rings is 1. The van der Waals surface area contributed by atoms with Gasteiger partial charge in [0, 0.05) is 38.2 Å². The first-order valence-electron chi connectivity index (χ1n) is 8.93. The van der Waals surface area contributed by atoms with Gasteiger partial charge in [0.15, 0.2) is 0 Å². The number of aromatic nitrogens is 2. The second kappa shape index (κ2) is 7.13. The molecule has 0 radical (unpaired) electrons. The van der Waals surface area contributed by atoms with Gasteiger partial charge in [0.25, 0.3) is 0 Å². The van der Waals surface area contributed by atoms with Gasteiger partial charge >= 0.3 is 0 Å². The summed E-state index contributed by atoms with van der Waals surface area (Å²) >= 11 is 1.68. The minimum Gasteiger partial charge on any atom is -0.325 e. The standard InChI is InChI=1S/C20H22N4OS/c1-13(15-3-4-20-19(10-15)22-12-26-20)24-7-5-16-9-17(23-14(2)25)11-21-18(16)6-8-24/h3-4,9-13H,5-8H2,1-2H3,(H,23,25). The second-order valence-corrected chi connectivity index (χ2v) is 7.69. The number of nitrogens with zero attached hydrogens (tertiary/aromatic N) is 3. The molecule has 3 aromatic rings. The summed E-state index contributed by atoms with van der Waals surface area (Å²) < 4.78 is 1.24. The molecular formula is C20H22N4OS. The summed E-state index contributed by atoms with van der Waals surface area (Å²) in [6.07, 6.45) is 3.63. The van der Waals surface area contributed by atoms with Gasteiger partial charge in [-0.3, -0.25) is 14.7 Å². The molecule has 0 bridgehead atoms. The Hall–Kier alpha value is -2.31. The van der Waals surface area contributed by atoms with E-state index in [4.69, 9.17) is 0 Å². The summed E-state index contributed by atoms with van der Waals surface area (Å²) in [6, 6.07) is 9.01. The zero-order valence-electron chi connectivity index (χ0n) is 15.0. The minimum atomic E-state index is -0.0620. The van der Waals surface area contributed by atoms with Gasteiger partial charge < -0.3 is 5.32 Å². The average molecular weight is 366 g/mol. The van der Waals surface area contributed by atoms with Crippen LogP contribution >= 0.6 is 11.3 Å². The molecule has 2 aromatic heterocycles. The number of fused-ring (bicyclic) bond motifs is 2. The molecule has 4 rings (SSSR count). The summed E-state index contributed by atoms with van der Waals surface area (Å²) in [6.45, 7) is 5.75. The van der Waals surface area contributed by atoms with Crippen molar-refractivity contribution >= 4 is 33.1 Å². The molecule has 0 aliphatic carbocycles. The van der Waals surface area contributed by atoms with Crippen LogP contribution in [0.2, 0.25) is 0 Å². The van der Waals surface area contributed by atoms with E-state index in [2.05, 4.69) is 51.4 Å². The van der Waals surface area contributed by atoms with Gasteiger partial charge in [0.2, 0.25) is 5.91 Å². The molecule has 134 valence electrons. The number of hydrogen-bond donors (Lipinski definition) is 1. The van der Waals surface area contributed by atoms with Crippen LogP contribution in [0.4, 0.5) is 5.69 Å². The third-order valence-corrected chi connectivity index (χ3v) is 5.88. The zero-order chi connectivity index (χ0) is 18.1. The molecule has 1 N–H and O–H groups in total. The fraction of sp³-hybridized carbons (Fsp3) is 0.350. The molecule has 6 heteroatoms. The van der Waals surface area contributed by atoms with Crippen LogP contribution in [-0.2, 0) is 17.6 Å². The summed E-state index contributed by atoms with van der Waals surface area (Å²) in [4.78, 5) is 22.8. The molecule has 5 nitrogen and oxygen atoms in total. The predicted molar refractivity (Wildman–Crippen MR) is 106 cm³/mol. The number of thiazole rings is 1. The van der Waals surface area contributed by atoms with Crippen molar-refractivity contribution in [2.45, 2.75) is 32.7 Å². The van der Waals surface area contributed by atoms with Gasteiger partial charge in [0.05, 0.1) is 27.6 Å². The fourth-order valence-electron chi connectivity index (χ4n) is 3.61. The number of pyridine rings is 1. The first kappa shape index (κ1) is 17.1. The lowest BCUT2D eigenvalue weighted by Crippen LogP contribution is -2.29. The van der Waals surface area contributed by atoms with Crippen LogP contribution in [0.25, 0.3) is 10.2 Å². The average Bonchev–Trinajstić information content (AvgIpc) is 2.99. The summed E-state index contributed by atoms with van der Waals surface area (Å²) in [5.74, 6) is -0.0620. The molecule has 1 unspecified atom stereocenters. The van der Waals surface area contributed by atoms with Gasteiger partial charge in [-0.2, -0.15) is 0 Å². The van der Waals surface area contributed by atoms with Gasteiger partial charge in [-0.25, -0.2) is 4.98 Å². The van der Waals surface area contributed by atoms with Gasteiger partial charge in [-0.15, -0.1) is 11.3 Å². The van der Waals surface area contributed by atoms with Crippen LogP contribution < -0.4 is 5.32 Å². The highest BCUT2D eigenvalue weighted by atomic mass is 32.1. The lowest BCUT2D eigenvalue weighted by atomic mass is 10.1. The highest BCUT2D eigenvalue weighted by Gasteiger charge is 2.21. The van der Waals surface area contributed by atoms with Crippen LogP contribution in [0.5, 0.6) is 0 Å². The van der Waals surface area contributed by atoms with Crippen molar-refractivity contribution in [1.82, 2.24) is 14.9 Å². The van der Waals surface area contributed by atoms with Crippen LogP contribution in [0.15, 0.2) is 36.0 Å². The number of amides is 1. The largest absolute Gasteiger partial charge is 0.325 e. The van der Waals surface area contributed by atoms with Crippen LogP contribution in [0.1, 0.15) is 36.7 Å². The molecule has 1 aromatic carbocycles. The number of carbonyl (C=O) groups is 1. The third kappa shape index (κ3) is 3.48. The van der Waals surface area contributed by atoms with Crippen molar-refractivity contribution in [3.05, 3.63) is 52.8 Å².